The van der Waals surface area contributed by atoms with Crippen LogP contribution in [0.1, 0.15) is 45.4 Å². The summed E-state index contributed by atoms with van der Waals surface area (Å²) in [4.78, 5) is 11.0. The van der Waals surface area contributed by atoms with Crippen molar-refractivity contribution in [2.45, 2.75) is 45.4 Å². The number of carboxylic acid groups (broad SMARTS) is 1. The number of unbranched alkanes of at least 4 members (excludes halogenated alkanes) is 2. The Morgan fingerprint density at radius 1 is 1.05 bits per heavy atom. The monoisotopic (exact) mass is 306 g/mol. The van der Waals surface area contributed by atoms with E-state index in [4.69, 9.17) is 25.2 Å². The lowest BCUT2D eigenvalue weighted by molar-refractivity contribution is -0.142. The van der Waals surface area contributed by atoms with Crippen molar-refractivity contribution in [2.24, 2.45) is 11.3 Å². The summed E-state index contributed by atoms with van der Waals surface area (Å²) in [6, 6.07) is 0. The van der Waals surface area contributed by atoms with Gasteiger partial charge in [0.15, 0.2) is 0 Å². The number of aliphatic carboxylic acids is 1. The Balaban J connectivity index is 3.70. The molecule has 0 aliphatic heterocycles. The Hall–Kier alpha value is -0.690. The quantitative estimate of drug-likeness (QED) is 0.357. The third-order valence-corrected chi connectivity index (χ3v) is 3.74. The molecule has 6 heteroatoms. The van der Waals surface area contributed by atoms with Crippen LogP contribution in [0.15, 0.2) is 0 Å². The molecule has 0 aliphatic carbocycles. The van der Waals surface area contributed by atoms with Crippen molar-refractivity contribution in [2.75, 3.05) is 33.0 Å². The first-order chi connectivity index (χ1) is 10.0. The molecule has 6 nitrogen and oxygen atoms in total. The van der Waals surface area contributed by atoms with E-state index in [2.05, 4.69) is 0 Å². The van der Waals surface area contributed by atoms with E-state index >= 15 is 0 Å². The average Bonchev–Trinajstić information content (AvgIpc) is 2.49. The fourth-order valence-corrected chi connectivity index (χ4v) is 2.09. The summed E-state index contributed by atoms with van der Waals surface area (Å²) < 4.78 is 5.38. The smallest absolute Gasteiger partial charge is 0.306 e. The average molecular weight is 306 g/mol. The van der Waals surface area contributed by atoms with E-state index in [0.717, 1.165) is 32.1 Å². The fourth-order valence-electron chi connectivity index (χ4n) is 2.09. The van der Waals surface area contributed by atoms with Gasteiger partial charge in [-0.1, -0.05) is 26.2 Å². The minimum Gasteiger partial charge on any atom is -0.481 e. The van der Waals surface area contributed by atoms with Crippen molar-refractivity contribution in [3.05, 3.63) is 0 Å². The lowest BCUT2D eigenvalue weighted by Gasteiger charge is -2.26. The van der Waals surface area contributed by atoms with Crippen LogP contribution in [-0.2, 0) is 9.53 Å². The molecule has 0 aromatic rings. The molecule has 0 aliphatic rings. The summed E-state index contributed by atoms with van der Waals surface area (Å²) in [5.41, 5.74) is -0.977. The first-order valence-electron chi connectivity index (χ1n) is 7.68. The molecule has 1 unspecified atom stereocenters. The lowest BCUT2D eigenvalue weighted by Crippen LogP contribution is -2.38. The van der Waals surface area contributed by atoms with Gasteiger partial charge in [0.25, 0.3) is 0 Å². The third-order valence-electron chi connectivity index (χ3n) is 3.74. The van der Waals surface area contributed by atoms with Gasteiger partial charge >= 0.3 is 5.97 Å². The van der Waals surface area contributed by atoms with Crippen molar-refractivity contribution in [1.82, 2.24) is 0 Å². The van der Waals surface area contributed by atoms with Gasteiger partial charge in [-0.05, 0) is 19.3 Å². The van der Waals surface area contributed by atoms with Crippen LogP contribution in [0.25, 0.3) is 0 Å². The van der Waals surface area contributed by atoms with Crippen LogP contribution < -0.4 is 0 Å². The highest BCUT2D eigenvalue weighted by Crippen LogP contribution is 2.17. The second kappa shape index (κ2) is 11.9. The van der Waals surface area contributed by atoms with E-state index < -0.39 is 11.4 Å². The van der Waals surface area contributed by atoms with Gasteiger partial charge < -0.3 is 25.2 Å². The highest BCUT2D eigenvalue weighted by atomic mass is 16.5. The molecule has 0 fully saturated rings. The van der Waals surface area contributed by atoms with Crippen LogP contribution in [0, 0.1) is 11.3 Å². The zero-order chi connectivity index (χ0) is 16.1. The number of carbonyl (C=O) groups is 1. The third kappa shape index (κ3) is 8.36. The SMILES string of the molecule is CCCC(CCCCCOCC(CO)(CO)CO)C(=O)O. The van der Waals surface area contributed by atoms with E-state index in [0.29, 0.717) is 13.0 Å². The Morgan fingerprint density at radius 3 is 2.14 bits per heavy atom. The van der Waals surface area contributed by atoms with E-state index in [1.165, 1.54) is 0 Å². The molecule has 1 atom stereocenters. The second-order valence-corrected chi connectivity index (χ2v) is 5.70. The van der Waals surface area contributed by atoms with Gasteiger partial charge in [0, 0.05) is 6.61 Å². The van der Waals surface area contributed by atoms with Crippen LogP contribution in [0.3, 0.4) is 0 Å². The van der Waals surface area contributed by atoms with E-state index in [9.17, 15) is 4.79 Å². The molecule has 21 heavy (non-hydrogen) atoms. The summed E-state index contributed by atoms with van der Waals surface area (Å²) in [5.74, 6) is -0.964. The second-order valence-electron chi connectivity index (χ2n) is 5.70. The van der Waals surface area contributed by atoms with Gasteiger partial charge in [-0.2, -0.15) is 0 Å². The number of rotatable bonds is 14. The molecular formula is C15H30O6. The van der Waals surface area contributed by atoms with Crippen molar-refractivity contribution in [1.29, 1.82) is 0 Å². The van der Waals surface area contributed by atoms with Gasteiger partial charge in [-0.3, -0.25) is 4.79 Å². The molecule has 0 rings (SSSR count). The molecule has 4 N–H and O–H groups in total. The van der Waals surface area contributed by atoms with Crippen LogP contribution in [0.4, 0.5) is 0 Å². The van der Waals surface area contributed by atoms with Crippen molar-refractivity contribution >= 4 is 5.97 Å². The minimum atomic E-state index is -0.977. The summed E-state index contributed by atoms with van der Waals surface area (Å²) >= 11 is 0. The molecule has 126 valence electrons. The zero-order valence-corrected chi connectivity index (χ0v) is 13.0. The molecule has 0 heterocycles. The predicted octanol–water partition coefficient (Wildman–Crippen LogP) is 1.03. The van der Waals surface area contributed by atoms with Crippen LogP contribution >= 0.6 is 0 Å². The largest absolute Gasteiger partial charge is 0.481 e. The number of aliphatic hydroxyl groups excluding tert-OH is 3. The maximum atomic E-state index is 11.0. The molecule has 0 saturated heterocycles. The van der Waals surface area contributed by atoms with Gasteiger partial charge in [0.05, 0.1) is 37.8 Å². The van der Waals surface area contributed by atoms with Crippen LogP contribution in [0.5, 0.6) is 0 Å². The van der Waals surface area contributed by atoms with E-state index in [1.54, 1.807) is 0 Å². The van der Waals surface area contributed by atoms with E-state index in [1.807, 2.05) is 6.92 Å². The maximum Gasteiger partial charge on any atom is 0.306 e. The zero-order valence-electron chi connectivity index (χ0n) is 13.0. The van der Waals surface area contributed by atoms with E-state index in [-0.39, 0.29) is 32.3 Å². The summed E-state index contributed by atoms with van der Waals surface area (Å²) in [6.07, 6.45) is 4.83. The number of aliphatic hydroxyl groups is 3. The fraction of sp³-hybridized carbons (Fsp3) is 0.933. The standard InChI is InChI=1S/C15H30O6/c1-2-6-13(14(19)20)7-4-3-5-8-21-12-15(9-16,10-17)11-18/h13,16-18H,2-12H2,1H3,(H,19,20). The van der Waals surface area contributed by atoms with Crippen molar-refractivity contribution in [3.8, 4) is 0 Å². The molecule has 0 bridgehead atoms. The molecule has 0 aromatic heterocycles. The summed E-state index contributed by atoms with van der Waals surface area (Å²) in [6.45, 7) is 1.61. The highest BCUT2D eigenvalue weighted by Gasteiger charge is 2.28. The number of hydrogen-bond donors (Lipinski definition) is 4. The van der Waals surface area contributed by atoms with Crippen molar-refractivity contribution in [3.63, 3.8) is 0 Å². The van der Waals surface area contributed by atoms with Gasteiger partial charge in [-0.15, -0.1) is 0 Å². The van der Waals surface area contributed by atoms with Crippen LogP contribution in [-0.4, -0.2) is 59.4 Å². The molecular weight excluding hydrogens is 276 g/mol. The topological polar surface area (TPSA) is 107 Å². The first-order valence-corrected chi connectivity index (χ1v) is 7.68. The maximum absolute atomic E-state index is 11.0. The Morgan fingerprint density at radius 2 is 1.67 bits per heavy atom. The number of ether oxygens (including phenoxy) is 1. The van der Waals surface area contributed by atoms with Crippen molar-refractivity contribution < 1.29 is 30.0 Å². The number of carboxylic acids is 1. The lowest BCUT2D eigenvalue weighted by atomic mass is 9.93. The molecule has 0 saturated carbocycles. The normalized spacial score (nSPS) is 13.3. The number of hydrogen-bond acceptors (Lipinski definition) is 5. The van der Waals surface area contributed by atoms with Gasteiger partial charge in [-0.25, -0.2) is 0 Å². The first kappa shape index (κ1) is 20.3. The summed E-state index contributed by atoms with van der Waals surface area (Å²) in [5, 5.41) is 36.4. The Bertz CT molecular complexity index is 257. The Kier molecular flexibility index (Phi) is 11.5. The van der Waals surface area contributed by atoms with Gasteiger partial charge in [0.2, 0.25) is 0 Å². The molecule has 0 amide bonds. The molecule has 0 spiro atoms. The highest BCUT2D eigenvalue weighted by molar-refractivity contribution is 5.69. The molecule has 0 radical (unpaired) electrons. The minimum absolute atomic E-state index is 0.115. The van der Waals surface area contributed by atoms with Crippen LogP contribution in [0.2, 0.25) is 0 Å². The van der Waals surface area contributed by atoms with Gasteiger partial charge in [0.1, 0.15) is 0 Å². The Labute approximate surface area is 126 Å². The molecule has 0 aromatic carbocycles. The summed E-state index contributed by atoms with van der Waals surface area (Å²) in [7, 11) is 0. The predicted molar refractivity (Wildman–Crippen MR) is 79.0 cm³/mol.